The maximum absolute atomic E-state index is 4.30. The fourth-order valence-corrected chi connectivity index (χ4v) is 1.93. The number of hydrogen-bond donors (Lipinski definition) is 2. The molecule has 0 radical (unpaired) electrons. The van der Waals surface area contributed by atoms with Gasteiger partial charge in [0, 0.05) is 26.7 Å². The van der Waals surface area contributed by atoms with Crippen molar-refractivity contribution in [1.29, 1.82) is 0 Å². The molecule has 0 aliphatic carbocycles. The van der Waals surface area contributed by atoms with Gasteiger partial charge in [-0.05, 0) is 19.1 Å². The van der Waals surface area contributed by atoms with Crippen LogP contribution in [0.3, 0.4) is 0 Å². The van der Waals surface area contributed by atoms with Gasteiger partial charge in [-0.15, -0.1) is 0 Å². The van der Waals surface area contributed by atoms with Crippen molar-refractivity contribution in [1.82, 2.24) is 9.97 Å². The Hall–Kier alpha value is -2.30. The van der Waals surface area contributed by atoms with Gasteiger partial charge in [-0.1, -0.05) is 12.1 Å². The molecule has 0 atom stereocenters. The number of nitrogens with one attached hydrogen (secondary N) is 2. The van der Waals surface area contributed by atoms with Crippen LogP contribution in [0.4, 0.5) is 23.0 Å². The van der Waals surface area contributed by atoms with E-state index in [0.29, 0.717) is 0 Å². The van der Waals surface area contributed by atoms with E-state index in [4.69, 9.17) is 0 Å². The highest BCUT2D eigenvalue weighted by atomic mass is 15.1. The van der Waals surface area contributed by atoms with Crippen LogP contribution >= 0.6 is 0 Å². The number of nitrogens with zero attached hydrogens (tertiary/aromatic N) is 3. The van der Waals surface area contributed by atoms with Crippen LogP contribution in [0.5, 0.6) is 0 Å². The van der Waals surface area contributed by atoms with Crippen molar-refractivity contribution in [3.8, 4) is 0 Å². The van der Waals surface area contributed by atoms with Crippen LogP contribution in [0.15, 0.2) is 30.6 Å². The molecule has 0 saturated heterocycles. The largest absolute Gasteiger partial charge is 0.376 e. The molecule has 0 aliphatic heterocycles. The Balaban J connectivity index is 2.37. The van der Waals surface area contributed by atoms with Gasteiger partial charge in [0.05, 0.1) is 11.4 Å². The van der Waals surface area contributed by atoms with Crippen LogP contribution in [0.2, 0.25) is 0 Å². The molecule has 2 rings (SSSR count). The first-order valence-corrected chi connectivity index (χ1v) is 6.16. The third-order valence-electron chi connectivity index (χ3n) is 2.96. The lowest BCUT2D eigenvalue weighted by atomic mass is 10.2. The molecule has 0 unspecified atom stereocenters. The molecule has 0 saturated carbocycles. The molecule has 5 heteroatoms. The van der Waals surface area contributed by atoms with Crippen LogP contribution in [0, 0.1) is 6.92 Å². The zero-order valence-corrected chi connectivity index (χ0v) is 11.7. The summed E-state index contributed by atoms with van der Waals surface area (Å²) in [5.41, 5.74) is 3.14. The summed E-state index contributed by atoms with van der Waals surface area (Å²) < 4.78 is 0. The number of anilines is 4. The van der Waals surface area contributed by atoms with Gasteiger partial charge < -0.3 is 15.5 Å². The molecule has 0 spiro atoms. The van der Waals surface area contributed by atoms with Crippen molar-refractivity contribution in [3.63, 3.8) is 0 Å². The minimum atomic E-state index is 0.814. The van der Waals surface area contributed by atoms with Crippen LogP contribution < -0.4 is 15.5 Å². The zero-order chi connectivity index (χ0) is 13.8. The predicted octanol–water partition coefficient (Wildman–Crippen LogP) is 2.64. The summed E-state index contributed by atoms with van der Waals surface area (Å²) in [6.45, 7) is 1.99. The third-order valence-corrected chi connectivity index (χ3v) is 2.96. The Kier molecular flexibility index (Phi) is 3.85. The van der Waals surface area contributed by atoms with E-state index in [1.165, 1.54) is 0 Å². The van der Waals surface area contributed by atoms with Crippen LogP contribution in [-0.2, 0) is 0 Å². The van der Waals surface area contributed by atoms with E-state index in [-0.39, 0.29) is 0 Å². The van der Waals surface area contributed by atoms with Gasteiger partial charge >= 0.3 is 0 Å². The monoisotopic (exact) mass is 257 g/mol. The molecule has 0 aliphatic rings. The quantitative estimate of drug-likeness (QED) is 0.882. The highest BCUT2D eigenvalue weighted by molar-refractivity contribution is 5.75. The van der Waals surface area contributed by atoms with E-state index in [1.54, 1.807) is 6.33 Å². The lowest BCUT2D eigenvalue weighted by Crippen LogP contribution is -2.11. The molecular formula is C14H19N5. The van der Waals surface area contributed by atoms with Gasteiger partial charge in [0.2, 0.25) is 0 Å². The van der Waals surface area contributed by atoms with Gasteiger partial charge in [0.1, 0.15) is 18.0 Å². The Morgan fingerprint density at radius 1 is 1.05 bits per heavy atom. The maximum Gasteiger partial charge on any atom is 0.138 e. The summed E-state index contributed by atoms with van der Waals surface area (Å²) in [4.78, 5) is 10.6. The summed E-state index contributed by atoms with van der Waals surface area (Å²) in [6, 6.07) is 8.13. The van der Waals surface area contributed by atoms with Crippen molar-refractivity contribution in [2.24, 2.45) is 0 Å². The summed E-state index contributed by atoms with van der Waals surface area (Å²) in [5, 5.41) is 6.42. The van der Waals surface area contributed by atoms with Crippen molar-refractivity contribution >= 4 is 23.0 Å². The van der Waals surface area contributed by atoms with Crippen molar-refractivity contribution < 1.29 is 0 Å². The van der Waals surface area contributed by atoms with Gasteiger partial charge in [0.25, 0.3) is 0 Å². The molecule has 1 aromatic heterocycles. The third kappa shape index (κ3) is 2.76. The summed E-state index contributed by atoms with van der Waals surface area (Å²) >= 11 is 0. The smallest absolute Gasteiger partial charge is 0.138 e. The average Bonchev–Trinajstić information content (AvgIpc) is 2.41. The van der Waals surface area contributed by atoms with E-state index >= 15 is 0 Å². The second-order valence-corrected chi connectivity index (χ2v) is 4.48. The van der Waals surface area contributed by atoms with E-state index < -0.39 is 0 Å². The van der Waals surface area contributed by atoms with E-state index in [2.05, 4.69) is 31.6 Å². The minimum absolute atomic E-state index is 0.814. The average molecular weight is 257 g/mol. The number of aromatic nitrogens is 2. The van der Waals surface area contributed by atoms with Crippen molar-refractivity contribution in [2.75, 3.05) is 36.7 Å². The van der Waals surface area contributed by atoms with Gasteiger partial charge in [-0.2, -0.15) is 0 Å². The Morgan fingerprint density at radius 2 is 1.74 bits per heavy atom. The van der Waals surface area contributed by atoms with Gasteiger partial charge in [-0.25, -0.2) is 9.97 Å². The summed E-state index contributed by atoms with van der Waals surface area (Å²) in [7, 11) is 5.89. The van der Waals surface area contributed by atoms with Crippen LogP contribution in [-0.4, -0.2) is 31.1 Å². The standard InChI is InChI=1S/C14H19N5/c1-10-13(15-2)16-9-17-14(10)18-11-7-5-6-8-12(11)19(3)4/h5-9H,1-4H3,(H2,15,16,17,18). The molecule has 1 heterocycles. The fourth-order valence-electron chi connectivity index (χ4n) is 1.93. The normalized spacial score (nSPS) is 10.1. The Bertz CT molecular complexity index is 566. The Labute approximate surface area is 113 Å². The lowest BCUT2D eigenvalue weighted by Gasteiger charge is -2.19. The highest BCUT2D eigenvalue weighted by Crippen LogP contribution is 2.28. The Morgan fingerprint density at radius 3 is 2.42 bits per heavy atom. The van der Waals surface area contributed by atoms with E-state index in [0.717, 1.165) is 28.6 Å². The highest BCUT2D eigenvalue weighted by Gasteiger charge is 2.09. The number of benzene rings is 1. The second kappa shape index (κ2) is 5.56. The maximum atomic E-state index is 4.30. The molecule has 2 aromatic rings. The molecule has 0 amide bonds. The van der Waals surface area contributed by atoms with Crippen molar-refractivity contribution in [2.45, 2.75) is 6.92 Å². The first-order valence-electron chi connectivity index (χ1n) is 6.16. The second-order valence-electron chi connectivity index (χ2n) is 4.48. The molecule has 0 bridgehead atoms. The minimum Gasteiger partial charge on any atom is -0.376 e. The first kappa shape index (κ1) is 13.1. The first-order chi connectivity index (χ1) is 9.13. The van der Waals surface area contributed by atoms with Gasteiger partial charge in [-0.3, -0.25) is 0 Å². The number of rotatable bonds is 4. The molecular weight excluding hydrogens is 238 g/mol. The van der Waals surface area contributed by atoms with Crippen LogP contribution in [0.25, 0.3) is 0 Å². The molecule has 0 fully saturated rings. The zero-order valence-electron chi connectivity index (χ0n) is 11.7. The fraction of sp³-hybridized carbons (Fsp3) is 0.286. The van der Waals surface area contributed by atoms with Gasteiger partial charge in [0.15, 0.2) is 0 Å². The van der Waals surface area contributed by atoms with Crippen LogP contribution in [0.1, 0.15) is 5.56 Å². The molecule has 5 nitrogen and oxygen atoms in total. The SMILES string of the molecule is CNc1ncnc(Nc2ccccc2N(C)C)c1C. The summed E-state index contributed by atoms with van der Waals surface area (Å²) in [6.07, 6.45) is 1.56. The molecule has 2 N–H and O–H groups in total. The van der Waals surface area contributed by atoms with E-state index in [9.17, 15) is 0 Å². The number of para-hydroxylation sites is 2. The van der Waals surface area contributed by atoms with E-state index in [1.807, 2.05) is 46.3 Å². The molecule has 1 aromatic carbocycles. The molecule has 19 heavy (non-hydrogen) atoms. The predicted molar refractivity (Wildman–Crippen MR) is 80.4 cm³/mol. The molecule has 100 valence electrons. The topological polar surface area (TPSA) is 53.1 Å². The van der Waals surface area contributed by atoms with Crippen molar-refractivity contribution in [3.05, 3.63) is 36.2 Å². The lowest BCUT2D eigenvalue weighted by molar-refractivity contribution is 1.11. The number of hydrogen-bond acceptors (Lipinski definition) is 5. The summed E-state index contributed by atoms with van der Waals surface area (Å²) in [5.74, 6) is 1.65.